The van der Waals surface area contributed by atoms with Crippen LogP contribution in [0.4, 0.5) is 4.39 Å². The minimum Gasteiger partial charge on any atom is -0.354 e. The van der Waals surface area contributed by atoms with E-state index in [0.717, 1.165) is 31.5 Å². The molecule has 1 amide bonds. The zero-order chi connectivity index (χ0) is 18.4. The Bertz CT molecular complexity index is 818. The monoisotopic (exact) mass is 378 g/mol. The highest BCUT2D eigenvalue weighted by atomic mass is 32.2. The van der Waals surface area contributed by atoms with Gasteiger partial charge in [-0.2, -0.15) is 16.9 Å². The van der Waals surface area contributed by atoms with Crippen LogP contribution >= 0.6 is 11.8 Å². The summed E-state index contributed by atoms with van der Waals surface area (Å²) in [4.78, 5) is 24.4. The smallest absolute Gasteiger partial charge is 0.346 e. The van der Waals surface area contributed by atoms with E-state index in [-0.39, 0.29) is 24.0 Å². The largest absolute Gasteiger partial charge is 0.354 e. The van der Waals surface area contributed by atoms with Gasteiger partial charge in [0.1, 0.15) is 18.2 Å². The van der Waals surface area contributed by atoms with Crippen LogP contribution in [0.15, 0.2) is 29.1 Å². The van der Waals surface area contributed by atoms with Gasteiger partial charge in [0.05, 0.1) is 0 Å². The third-order valence-electron chi connectivity index (χ3n) is 4.36. The average Bonchev–Trinajstić information content (AvgIpc) is 2.79. The minimum atomic E-state index is -0.230. The Hall–Kier alpha value is -2.09. The van der Waals surface area contributed by atoms with Gasteiger partial charge in [-0.25, -0.2) is 13.9 Å². The molecule has 1 N–H and O–H groups in total. The van der Waals surface area contributed by atoms with Crippen LogP contribution < -0.4 is 11.0 Å². The summed E-state index contributed by atoms with van der Waals surface area (Å²) in [5, 5.41) is 7.09. The second kappa shape index (κ2) is 9.02. The highest BCUT2D eigenvalue weighted by molar-refractivity contribution is 7.98. The maximum Gasteiger partial charge on any atom is 0.346 e. The fourth-order valence-corrected chi connectivity index (χ4v) is 3.83. The predicted octanol–water partition coefficient (Wildman–Crippen LogP) is 1.96. The number of hydrogen-bond donors (Lipinski definition) is 1. The SMILES string of the molecule is O=C(Cn1nc2n(c1=O)CCCCC2)NCCSCc1ccccc1F. The van der Waals surface area contributed by atoms with Crippen LogP contribution in [0.2, 0.25) is 0 Å². The van der Waals surface area contributed by atoms with Gasteiger partial charge in [-0.05, 0) is 24.5 Å². The number of fused-ring (bicyclic) bond motifs is 1. The molecule has 140 valence electrons. The van der Waals surface area contributed by atoms with Crippen molar-refractivity contribution in [2.45, 2.75) is 44.5 Å². The molecule has 0 atom stereocenters. The number of benzene rings is 1. The lowest BCUT2D eigenvalue weighted by Crippen LogP contribution is -2.34. The molecule has 0 aliphatic carbocycles. The van der Waals surface area contributed by atoms with Crippen LogP contribution in [-0.4, -0.2) is 32.6 Å². The lowest BCUT2D eigenvalue weighted by atomic mass is 10.2. The second-order valence-electron chi connectivity index (χ2n) is 6.31. The van der Waals surface area contributed by atoms with Gasteiger partial charge in [-0.3, -0.25) is 9.36 Å². The molecule has 6 nitrogen and oxygen atoms in total. The Morgan fingerprint density at radius 3 is 2.96 bits per heavy atom. The van der Waals surface area contributed by atoms with Gasteiger partial charge in [0.15, 0.2) is 0 Å². The van der Waals surface area contributed by atoms with E-state index in [1.165, 1.54) is 10.7 Å². The molecule has 2 aromatic rings. The number of rotatable bonds is 7. The van der Waals surface area contributed by atoms with Crippen molar-refractivity contribution >= 4 is 17.7 Å². The summed E-state index contributed by atoms with van der Waals surface area (Å²) >= 11 is 1.55. The predicted molar refractivity (Wildman–Crippen MR) is 99.6 cm³/mol. The maximum absolute atomic E-state index is 13.5. The summed E-state index contributed by atoms with van der Waals surface area (Å²) < 4.78 is 16.4. The van der Waals surface area contributed by atoms with E-state index < -0.39 is 0 Å². The second-order valence-corrected chi connectivity index (χ2v) is 7.42. The Morgan fingerprint density at radius 2 is 2.12 bits per heavy atom. The summed E-state index contributed by atoms with van der Waals surface area (Å²) in [6.07, 6.45) is 3.90. The van der Waals surface area contributed by atoms with E-state index in [0.29, 0.717) is 30.2 Å². The first-order chi connectivity index (χ1) is 12.6. The Morgan fingerprint density at radius 1 is 1.27 bits per heavy atom. The standard InChI is InChI=1S/C18H23FN4O2S/c19-15-7-4-3-6-14(15)13-26-11-9-20-17(24)12-23-18(25)22-10-5-1-2-8-16(22)21-23/h3-4,6-7H,1-2,5,8-13H2,(H,20,24). The van der Waals surface area contributed by atoms with E-state index in [1.54, 1.807) is 28.5 Å². The molecule has 0 bridgehead atoms. The normalized spacial score (nSPS) is 13.9. The molecule has 3 rings (SSSR count). The number of amides is 1. The maximum atomic E-state index is 13.5. The number of aryl methyl sites for hydroxylation is 1. The molecular formula is C18H23FN4O2S. The highest BCUT2D eigenvalue weighted by Gasteiger charge is 2.17. The Balaban J connectivity index is 1.42. The third kappa shape index (κ3) is 4.75. The molecule has 1 aliphatic heterocycles. The minimum absolute atomic E-state index is 0.0587. The number of nitrogens with zero attached hydrogens (tertiary/aromatic N) is 3. The van der Waals surface area contributed by atoms with Crippen molar-refractivity contribution in [1.29, 1.82) is 0 Å². The molecule has 0 fully saturated rings. The topological polar surface area (TPSA) is 68.9 Å². The number of aromatic nitrogens is 3. The summed E-state index contributed by atoms with van der Waals surface area (Å²) in [5.41, 5.74) is 0.459. The van der Waals surface area contributed by atoms with Crippen molar-refractivity contribution in [2.75, 3.05) is 12.3 Å². The van der Waals surface area contributed by atoms with Gasteiger partial charge >= 0.3 is 5.69 Å². The van der Waals surface area contributed by atoms with E-state index in [9.17, 15) is 14.0 Å². The molecule has 0 unspecified atom stereocenters. The molecule has 0 spiro atoms. The first-order valence-electron chi connectivity index (χ1n) is 8.89. The number of halogens is 1. The molecule has 8 heteroatoms. The van der Waals surface area contributed by atoms with Crippen LogP contribution in [0.1, 0.15) is 30.7 Å². The summed E-state index contributed by atoms with van der Waals surface area (Å²) in [6.45, 7) is 1.10. The van der Waals surface area contributed by atoms with Crippen molar-refractivity contribution in [1.82, 2.24) is 19.7 Å². The van der Waals surface area contributed by atoms with Gasteiger partial charge in [-0.1, -0.05) is 24.6 Å². The van der Waals surface area contributed by atoms with Crippen LogP contribution in [0.5, 0.6) is 0 Å². The average molecular weight is 378 g/mol. The summed E-state index contributed by atoms with van der Waals surface area (Å²) in [6, 6.07) is 6.68. The molecule has 1 aromatic heterocycles. The zero-order valence-electron chi connectivity index (χ0n) is 14.6. The molecule has 0 saturated carbocycles. The van der Waals surface area contributed by atoms with Gasteiger partial charge < -0.3 is 5.32 Å². The van der Waals surface area contributed by atoms with Crippen molar-refractivity contribution in [3.8, 4) is 0 Å². The van der Waals surface area contributed by atoms with E-state index in [2.05, 4.69) is 10.4 Å². The Kier molecular flexibility index (Phi) is 6.49. The number of nitrogens with one attached hydrogen (secondary N) is 1. The van der Waals surface area contributed by atoms with Gasteiger partial charge in [0.25, 0.3) is 0 Å². The van der Waals surface area contributed by atoms with Crippen LogP contribution in [-0.2, 0) is 30.1 Å². The van der Waals surface area contributed by atoms with Crippen molar-refractivity contribution in [3.05, 3.63) is 52.0 Å². The van der Waals surface area contributed by atoms with Crippen molar-refractivity contribution < 1.29 is 9.18 Å². The lowest BCUT2D eigenvalue weighted by molar-refractivity contribution is -0.121. The zero-order valence-corrected chi connectivity index (χ0v) is 15.4. The summed E-state index contributed by atoms with van der Waals surface area (Å²) in [7, 11) is 0. The first kappa shape index (κ1) is 18.7. The number of thioether (sulfide) groups is 1. The van der Waals surface area contributed by atoms with E-state index in [4.69, 9.17) is 0 Å². The highest BCUT2D eigenvalue weighted by Crippen LogP contribution is 2.14. The van der Waals surface area contributed by atoms with Crippen molar-refractivity contribution in [3.63, 3.8) is 0 Å². The summed E-state index contributed by atoms with van der Waals surface area (Å²) in [5.74, 6) is 1.58. The molecule has 2 heterocycles. The van der Waals surface area contributed by atoms with Crippen molar-refractivity contribution in [2.24, 2.45) is 0 Å². The number of carbonyl (C=O) groups excluding carboxylic acids is 1. The number of carbonyl (C=O) groups is 1. The van der Waals surface area contributed by atoms with Gasteiger partial charge in [0, 0.05) is 31.0 Å². The van der Waals surface area contributed by atoms with Gasteiger partial charge in [-0.15, -0.1) is 0 Å². The molecule has 26 heavy (non-hydrogen) atoms. The molecule has 1 aromatic carbocycles. The van der Waals surface area contributed by atoms with E-state index >= 15 is 0 Å². The van der Waals surface area contributed by atoms with Gasteiger partial charge in [0.2, 0.25) is 5.91 Å². The van der Waals surface area contributed by atoms with E-state index in [1.807, 2.05) is 6.07 Å². The lowest BCUT2D eigenvalue weighted by Gasteiger charge is -2.06. The quantitative estimate of drug-likeness (QED) is 0.748. The molecule has 0 saturated heterocycles. The molecule has 0 radical (unpaired) electrons. The number of hydrogen-bond acceptors (Lipinski definition) is 4. The molecular weight excluding hydrogens is 355 g/mol. The van der Waals surface area contributed by atoms with Crippen LogP contribution in [0, 0.1) is 5.82 Å². The Labute approximate surface area is 155 Å². The van der Waals surface area contributed by atoms with Crippen LogP contribution in [0.25, 0.3) is 0 Å². The fraction of sp³-hybridized carbons (Fsp3) is 0.500. The molecule has 1 aliphatic rings. The third-order valence-corrected chi connectivity index (χ3v) is 5.37. The first-order valence-corrected chi connectivity index (χ1v) is 10.0. The fourth-order valence-electron chi connectivity index (χ4n) is 2.98. The van der Waals surface area contributed by atoms with Crippen LogP contribution in [0.3, 0.4) is 0 Å².